The first-order valence-corrected chi connectivity index (χ1v) is 7.62. The number of hydrogen-bond donors (Lipinski definition) is 2. The van der Waals surface area contributed by atoms with Gasteiger partial charge in [-0.15, -0.1) is 0 Å². The van der Waals surface area contributed by atoms with Crippen LogP contribution in [0.5, 0.6) is 0 Å². The summed E-state index contributed by atoms with van der Waals surface area (Å²) in [5, 5.41) is 12.9. The lowest BCUT2D eigenvalue weighted by molar-refractivity contribution is -0.0470. The van der Waals surface area contributed by atoms with Gasteiger partial charge >= 0.3 is 0 Å². The molecule has 3 atom stereocenters. The Balaban J connectivity index is 2.40. The highest BCUT2D eigenvalue weighted by molar-refractivity contribution is 4.84. The molecule has 1 rings (SSSR count). The van der Waals surface area contributed by atoms with Gasteiger partial charge in [-0.2, -0.15) is 0 Å². The monoisotopic (exact) mass is 257 g/mol. The van der Waals surface area contributed by atoms with Crippen LogP contribution in [0.4, 0.5) is 0 Å². The number of hydrogen-bond acceptors (Lipinski definition) is 3. The molecule has 0 amide bonds. The van der Waals surface area contributed by atoms with Gasteiger partial charge in [-0.1, -0.05) is 33.1 Å². The molecule has 1 saturated carbocycles. The summed E-state index contributed by atoms with van der Waals surface area (Å²) in [5.41, 5.74) is -0.286. The number of rotatable bonds is 8. The molecule has 0 saturated heterocycles. The Morgan fingerprint density at radius 3 is 2.61 bits per heavy atom. The molecule has 1 aliphatic rings. The van der Waals surface area contributed by atoms with E-state index < -0.39 is 0 Å². The van der Waals surface area contributed by atoms with Gasteiger partial charge in [0.15, 0.2) is 0 Å². The summed E-state index contributed by atoms with van der Waals surface area (Å²) in [7, 11) is 0. The third-order valence-electron chi connectivity index (χ3n) is 4.13. The average Bonchev–Trinajstić information content (AvgIpc) is 2.43. The fourth-order valence-electron chi connectivity index (χ4n) is 2.73. The van der Waals surface area contributed by atoms with Crippen LogP contribution in [0.3, 0.4) is 0 Å². The number of nitrogens with one attached hydrogen (secondary N) is 1. The van der Waals surface area contributed by atoms with Crippen molar-refractivity contribution in [1.82, 2.24) is 5.32 Å². The molecule has 18 heavy (non-hydrogen) atoms. The van der Waals surface area contributed by atoms with Crippen LogP contribution in [-0.2, 0) is 4.74 Å². The minimum absolute atomic E-state index is 0.135. The van der Waals surface area contributed by atoms with Gasteiger partial charge in [-0.25, -0.2) is 0 Å². The number of ether oxygens (including phenoxy) is 1. The van der Waals surface area contributed by atoms with Crippen molar-refractivity contribution in [2.24, 2.45) is 5.92 Å². The largest absolute Gasteiger partial charge is 0.394 e. The molecule has 0 aromatic carbocycles. The molecule has 0 bridgehead atoms. The SMILES string of the molecule is CCCNC(C)(CO)COC1CCCCC1CC. The van der Waals surface area contributed by atoms with E-state index in [9.17, 15) is 5.11 Å². The molecule has 108 valence electrons. The molecule has 2 N–H and O–H groups in total. The molecular formula is C15H31NO2. The lowest BCUT2D eigenvalue weighted by Crippen LogP contribution is -2.51. The summed E-state index contributed by atoms with van der Waals surface area (Å²) in [6.07, 6.45) is 7.83. The second-order valence-corrected chi connectivity index (χ2v) is 5.95. The Labute approximate surface area is 112 Å². The molecule has 3 heteroatoms. The predicted octanol–water partition coefficient (Wildman–Crippen LogP) is 2.72. The number of aliphatic hydroxyl groups is 1. The summed E-state index contributed by atoms with van der Waals surface area (Å²) >= 11 is 0. The molecule has 0 radical (unpaired) electrons. The van der Waals surface area contributed by atoms with E-state index in [1.165, 1.54) is 32.1 Å². The summed E-state index contributed by atoms with van der Waals surface area (Å²) in [6, 6.07) is 0. The van der Waals surface area contributed by atoms with E-state index in [1.807, 2.05) is 6.92 Å². The van der Waals surface area contributed by atoms with Gasteiger partial charge in [-0.05, 0) is 38.6 Å². The Kier molecular flexibility index (Phi) is 7.20. The van der Waals surface area contributed by atoms with Crippen LogP contribution in [-0.4, -0.2) is 36.5 Å². The van der Waals surface area contributed by atoms with Crippen molar-refractivity contribution in [2.75, 3.05) is 19.8 Å². The summed E-state index contributed by atoms with van der Waals surface area (Å²) < 4.78 is 6.12. The smallest absolute Gasteiger partial charge is 0.0672 e. The molecule has 0 aromatic rings. The second kappa shape index (κ2) is 8.13. The van der Waals surface area contributed by atoms with Crippen molar-refractivity contribution in [1.29, 1.82) is 0 Å². The van der Waals surface area contributed by atoms with Crippen molar-refractivity contribution in [3.63, 3.8) is 0 Å². The Morgan fingerprint density at radius 1 is 1.28 bits per heavy atom. The molecule has 0 aromatic heterocycles. The van der Waals surface area contributed by atoms with Crippen LogP contribution >= 0.6 is 0 Å². The van der Waals surface area contributed by atoms with E-state index in [4.69, 9.17) is 4.74 Å². The minimum Gasteiger partial charge on any atom is -0.394 e. The topological polar surface area (TPSA) is 41.5 Å². The standard InChI is InChI=1S/C15H31NO2/c1-4-10-16-15(3,11-17)12-18-14-9-7-6-8-13(14)5-2/h13-14,16-17H,4-12H2,1-3H3. The molecule has 1 fully saturated rings. The van der Waals surface area contributed by atoms with Crippen LogP contribution < -0.4 is 5.32 Å². The van der Waals surface area contributed by atoms with E-state index in [1.54, 1.807) is 0 Å². The van der Waals surface area contributed by atoms with Crippen LogP contribution in [0.2, 0.25) is 0 Å². The molecule has 0 aliphatic heterocycles. The highest BCUT2D eigenvalue weighted by Crippen LogP contribution is 2.29. The maximum absolute atomic E-state index is 9.52. The van der Waals surface area contributed by atoms with Crippen LogP contribution in [0, 0.1) is 5.92 Å². The highest BCUT2D eigenvalue weighted by Gasteiger charge is 2.28. The first-order valence-electron chi connectivity index (χ1n) is 7.62. The number of aliphatic hydroxyl groups excluding tert-OH is 1. The third kappa shape index (κ3) is 4.87. The van der Waals surface area contributed by atoms with E-state index in [2.05, 4.69) is 19.2 Å². The zero-order chi connectivity index (χ0) is 13.4. The van der Waals surface area contributed by atoms with Gasteiger partial charge in [0, 0.05) is 0 Å². The van der Waals surface area contributed by atoms with Gasteiger partial charge < -0.3 is 15.2 Å². The Hall–Kier alpha value is -0.120. The van der Waals surface area contributed by atoms with Gasteiger partial charge in [0.1, 0.15) is 0 Å². The molecule has 3 nitrogen and oxygen atoms in total. The molecule has 0 heterocycles. The van der Waals surface area contributed by atoms with Crippen molar-refractivity contribution < 1.29 is 9.84 Å². The predicted molar refractivity (Wildman–Crippen MR) is 75.8 cm³/mol. The highest BCUT2D eigenvalue weighted by atomic mass is 16.5. The van der Waals surface area contributed by atoms with Crippen LogP contribution in [0.15, 0.2) is 0 Å². The maximum Gasteiger partial charge on any atom is 0.0672 e. The van der Waals surface area contributed by atoms with Crippen molar-refractivity contribution in [3.05, 3.63) is 0 Å². The zero-order valence-corrected chi connectivity index (χ0v) is 12.4. The first-order chi connectivity index (χ1) is 8.65. The van der Waals surface area contributed by atoms with Crippen LogP contribution in [0.25, 0.3) is 0 Å². The summed E-state index contributed by atoms with van der Waals surface area (Å²) in [5.74, 6) is 0.716. The maximum atomic E-state index is 9.52. The zero-order valence-electron chi connectivity index (χ0n) is 12.4. The lowest BCUT2D eigenvalue weighted by Gasteiger charge is -2.35. The molecule has 1 aliphatic carbocycles. The summed E-state index contributed by atoms with van der Waals surface area (Å²) in [6.45, 7) is 8.13. The summed E-state index contributed by atoms with van der Waals surface area (Å²) in [4.78, 5) is 0. The third-order valence-corrected chi connectivity index (χ3v) is 4.13. The average molecular weight is 257 g/mol. The lowest BCUT2D eigenvalue weighted by atomic mass is 9.84. The van der Waals surface area contributed by atoms with Gasteiger partial charge in [0.25, 0.3) is 0 Å². The fraction of sp³-hybridized carbons (Fsp3) is 1.00. The first kappa shape index (κ1) is 15.9. The van der Waals surface area contributed by atoms with Crippen molar-refractivity contribution in [3.8, 4) is 0 Å². The van der Waals surface area contributed by atoms with Crippen molar-refractivity contribution >= 4 is 0 Å². The quantitative estimate of drug-likeness (QED) is 0.702. The van der Waals surface area contributed by atoms with Gasteiger partial charge in [0.2, 0.25) is 0 Å². The van der Waals surface area contributed by atoms with Gasteiger partial charge in [0.05, 0.1) is 24.9 Å². The second-order valence-electron chi connectivity index (χ2n) is 5.95. The van der Waals surface area contributed by atoms with E-state index in [0.717, 1.165) is 13.0 Å². The van der Waals surface area contributed by atoms with Crippen LogP contribution in [0.1, 0.15) is 59.3 Å². The van der Waals surface area contributed by atoms with Gasteiger partial charge in [-0.3, -0.25) is 0 Å². The normalized spacial score (nSPS) is 28.0. The van der Waals surface area contributed by atoms with E-state index in [-0.39, 0.29) is 12.1 Å². The molecule has 3 unspecified atom stereocenters. The van der Waals surface area contributed by atoms with E-state index in [0.29, 0.717) is 18.6 Å². The fourth-order valence-corrected chi connectivity index (χ4v) is 2.73. The molecule has 0 spiro atoms. The van der Waals surface area contributed by atoms with E-state index >= 15 is 0 Å². The Morgan fingerprint density at radius 2 is 2.00 bits per heavy atom. The molecular weight excluding hydrogens is 226 g/mol. The minimum atomic E-state index is -0.286. The van der Waals surface area contributed by atoms with Crippen molar-refractivity contribution in [2.45, 2.75) is 70.9 Å². The Bertz CT molecular complexity index is 223.